The van der Waals surface area contributed by atoms with Gasteiger partial charge >= 0.3 is 0 Å². The second-order valence-corrected chi connectivity index (χ2v) is 11.2. The van der Waals surface area contributed by atoms with Crippen molar-refractivity contribution >= 4 is 27.5 Å². The summed E-state index contributed by atoms with van der Waals surface area (Å²) < 4.78 is 30.9. The molecule has 1 atom stereocenters. The summed E-state index contributed by atoms with van der Waals surface area (Å²) in [6.45, 7) is 7.35. The number of ether oxygens (including phenoxy) is 1. The number of carbonyl (C=O) groups is 1. The molecule has 1 aliphatic rings. The lowest BCUT2D eigenvalue weighted by Crippen LogP contribution is -2.42. The second-order valence-electron chi connectivity index (χ2n) is 8.06. The summed E-state index contributed by atoms with van der Waals surface area (Å²) in [7, 11) is -1.41. The van der Waals surface area contributed by atoms with Gasteiger partial charge in [-0.05, 0) is 43.5 Å². The molecule has 170 valence electrons. The minimum atomic E-state index is -3.04. The fraction of sp³-hybridized carbons (Fsp3) is 0.571. The van der Waals surface area contributed by atoms with Gasteiger partial charge in [-0.3, -0.25) is 4.79 Å². The number of amides is 1. The average molecular weight is 467 g/mol. The van der Waals surface area contributed by atoms with Crippen LogP contribution >= 0.6 is 11.8 Å². The Hall–Kier alpha value is -2.07. The summed E-state index contributed by atoms with van der Waals surface area (Å²) in [5.74, 6) is 2.24. The maximum atomic E-state index is 12.9. The summed E-state index contributed by atoms with van der Waals surface area (Å²) in [4.78, 5) is 14.6. The topological polar surface area (TPSA) is 94.4 Å². The standard InChI is InChI=1S/C21H30N4O4S2/c1-5-24(17-10-11-31(27,28)14-17)19(26)13-30-21-23-22-20(25(21)12-15(2)3)16-6-8-18(29-4)9-7-16/h6-9,15,17H,5,10-14H2,1-4H3. The summed E-state index contributed by atoms with van der Waals surface area (Å²) >= 11 is 1.35. The molecule has 10 heteroatoms. The van der Waals surface area contributed by atoms with Crippen LogP contribution in [0.4, 0.5) is 0 Å². The molecule has 0 saturated carbocycles. The molecule has 1 saturated heterocycles. The summed E-state index contributed by atoms with van der Waals surface area (Å²) in [5, 5.41) is 9.41. The van der Waals surface area contributed by atoms with Gasteiger partial charge in [-0.25, -0.2) is 8.42 Å². The smallest absolute Gasteiger partial charge is 0.233 e. The SMILES string of the molecule is CCN(C(=O)CSc1nnc(-c2ccc(OC)cc2)n1CC(C)C)C1CCS(=O)(=O)C1. The van der Waals surface area contributed by atoms with Crippen LogP contribution in [-0.2, 0) is 21.2 Å². The maximum absolute atomic E-state index is 12.9. The molecule has 1 aliphatic heterocycles. The third kappa shape index (κ3) is 5.79. The third-order valence-electron chi connectivity index (χ3n) is 5.25. The Morgan fingerprint density at radius 1 is 1.29 bits per heavy atom. The molecule has 0 N–H and O–H groups in total. The molecule has 0 bridgehead atoms. The number of hydrogen-bond donors (Lipinski definition) is 0. The highest BCUT2D eigenvalue weighted by molar-refractivity contribution is 7.99. The molecule has 0 spiro atoms. The zero-order valence-electron chi connectivity index (χ0n) is 18.4. The van der Waals surface area contributed by atoms with Crippen LogP contribution in [0.15, 0.2) is 29.4 Å². The van der Waals surface area contributed by atoms with Crippen molar-refractivity contribution < 1.29 is 17.9 Å². The molecule has 1 aromatic heterocycles. The fourth-order valence-corrected chi connectivity index (χ4v) is 6.31. The molecule has 0 radical (unpaired) electrons. The number of hydrogen-bond acceptors (Lipinski definition) is 7. The van der Waals surface area contributed by atoms with E-state index in [4.69, 9.17) is 4.74 Å². The zero-order chi connectivity index (χ0) is 22.6. The Morgan fingerprint density at radius 3 is 2.55 bits per heavy atom. The van der Waals surface area contributed by atoms with Crippen molar-refractivity contribution in [2.24, 2.45) is 5.92 Å². The average Bonchev–Trinajstić information content (AvgIpc) is 3.29. The molecule has 3 rings (SSSR count). The molecule has 31 heavy (non-hydrogen) atoms. The molecule has 1 unspecified atom stereocenters. The lowest BCUT2D eigenvalue weighted by molar-refractivity contribution is -0.129. The van der Waals surface area contributed by atoms with Crippen LogP contribution in [0, 0.1) is 5.92 Å². The van der Waals surface area contributed by atoms with E-state index in [1.165, 1.54) is 11.8 Å². The normalized spacial score (nSPS) is 17.8. The number of carbonyl (C=O) groups excluding carboxylic acids is 1. The highest BCUT2D eigenvalue weighted by Crippen LogP contribution is 2.27. The van der Waals surface area contributed by atoms with E-state index < -0.39 is 9.84 Å². The number of methoxy groups -OCH3 is 1. The third-order valence-corrected chi connectivity index (χ3v) is 7.95. The summed E-state index contributed by atoms with van der Waals surface area (Å²) in [5.41, 5.74) is 0.929. The molecule has 2 aromatic rings. The number of aromatic nitrogens is 3. The Bertz CT molecular complexity index is 1000. The van der Waals surface area contributed by atoms with E-state index in [9.17, 15) is 13.2 Å². The van der Waals surface area contributed by atoms with Crippen molar-refractivity contribution in [1.82, 2.24) is 19.7 Å². The summed E-state index contributed by atoms with van der Waals surface area (Å²) in [6, 6.07) is 7.42. The van der Waals surface area contributed by atoms with E-state index >= 15 is 0 Å². The Labute approximate surface area is 188 Å². The Morgan fingerprint density at radius 2 is 2.00 bits per heavy atom. The van der Waals surface area contributed by atoms with Gasteiger partial charge in [0.05, 0.1) is 24.4 Å². The Kier molecular flexibility index (Phi) is 7.64. The van der Waals surface area contributed by atoms with Gasteiger partial charge in [0.2, 0.25) is 5.91 Å². The second kappa shape index (κ2) is 10.0. The van der Waals surface area contributed by atoms with Crippen LogP contribution in [0.25, 0.3) is 11.4 Å². The molecule has 0 aliphatic carbocycles. The highest BCUT2D eigenvalue weighted by Gasteiger charge is 2.34. The molecule has 1 aromatic carbocycles. The van der Waals surface area contributed by atoms with Crippen molar-refractivity contribution in [3.8, 4) is 17.1 Å². The monoisotopic (exact) mass is 466 g/mol. The molecule has 2 heterocycles. The number of benzene rings is 1. The number of rotatable bonds is 9. The van der Waals surface area contributed by atoms with Gasteiger partial charge in [-0.1, -0.05) is 25.6 Å². The highest BCUT2D eigenvalue weighted by atomic mass is 32.2. The van der Waals surface area contributed by atoms with Gasteiger partial charge in [0.1, 0.15) is 5.75 Å². The molecule has 1 amide bonds. The van der Waals surface area contributed by atoms with Gasteiger partial charge in [0.15, 0.2) is 20.8 Å². The van der Waals surface area contributed by atoms with Crippen LogP contribution < -0.4 is 4.74 Å². The van der Waals surface area contributed by atoms with Gasteiger partial charge in [-0.2, -0.15) is 0 Å². The molecule has 8 nitrogen and oxygen atoms in total. The van der Waals surface area contributed by atoms with Crippen LogP contribution in [0.5, 0.6) is 5.75 Å². The minimum absolute atomic E-state index is 0.0579. The van der Waals surface area contributed by atoms with Gasteiger partial charge in [0.25, 0.3) is 0 Å². The van der Waals surface area contributed by atoms with E-state index in [2.05, 4.69) is 24.0 Å². The minimum Gasteiger partial charge on any atom is -0.497 e. The first-order valence-electron chi connectivity index (χ1n) is 10.4. The Balaban J connectivity index is 1.76. The van der Waals surface area contributed by atoms with Gasteiger partial charge in [0, 0.05) is 24.7 Å². The number of sulfone groups is 1. The predicted octanol–water partition coefficient (Wildman–Crippen LogP) is 2.74. The van der Waals surface area contributed by atoms with E-state index in [0.29, 0.717) is 24.0 Å². The molecular weight excluding hydrogens is 436 g/mol. The van der Waals surface area contributed by atoms with Crippen molar-refractivity contribution in [3.05, 3.63) is 24.3 Å². The van der Waals surface area contributed by atoms with E-state index in [-0.39, 0.29) is 29.2 Å². The van der Waals surface area contributed by atoms with E-state index in [1.54, 1.807) is 12.0 Å². The van der Waals surface area contributed by atoms with Gasteiger partial charge < -0.3 is 14.2 Å². The van der Waals surface area contributed by atoms with Gasteiger partial charge in [-0.15, -0.1) is 10.2 Å². The van der Waals surface area contributed by atoms with Crippen molar-refractivity contribution in [2.75, 3.05) is 30.9 Å². The van der Waals surface area contributed by atoms with Crippen molar-refractivity contribution in [2.45, 2.75) is 44.9 Å². The first kappa shape index (κ1) is 23.6. The van der Waals surface area contributed by atoms with Crippen molar-refractivity contribution in [3.63, 3.8) is 0 Å². The lowest BCUT2D eigenvalue weighted by Gasteiger charge is -2.26. The van der Waals surface area contributed by atoms with Crippen molar-refractivity contribution in [1.29, 1.82) is 0 Å². The molecule has 1 fully saturated rings. The molecular formula is C21H30N4O4S2. The zero-order valence-corrected chi connectivity index (χ0v) is 20.1. The maximum Gasteiger partial charge on any atom is 0.233 e. The summed E-state index contributed by atoms with van der Waals surface area (Å²) in [6.07, 6.45) is 0.512. The van der Waals surface area contributed by atoms with E-state index in [1.807, 2.05) is 35.8 Å². The fourth-order valence-electron chi connectivity index (χ4n) is 3.75. The van der Waals surface area contributed by atoms with Crippen LogP contribution in [0.2, 0.25) is 0 Å². The number of nitrogens with zero attached hydrogens (tertiary/aromatic N) is 4. The van der Waals surface area contributed by atoms with Crippen LogP contribution in [0.1, 0.15) is 27.2 Å². The first-order chi connectivity index (χ1) is 14.7. The predicted molar refractivity (Wildman–Crippen MR) is 122 cm³/mol. The number of thioether (sulfide) groups is 1. The van der Waals surface area contributed by atoms with E-state index in [0.717, 1.165) is 23.7 Å². The largest absolute Gasteiger partial charge is 0.497 e. The van der Waals surface area contributed by atoms with Crippen LogP contribution in [0.3, 0.4) is 0 Å². The lowest BCUT2D eigenvalue weighted by atomic mass is 10.2. The first-order valence-corrected chi connectivity index (χ1v) is 13.2. The quantitative estimate of drug-likeness (QED) is 0.525. The van der Waals surface area contributed by atoms with Crippen LogP contribution in [-0.4, -0.2) is 70.9 Å².